The van der Waals surface area contributed by atoms with Crippen LogP contribution in [0.15, 0.2) is 75.9 Å². The summed E-state index contributed by atoms with van der Waals surface area (Å²) in [7, 11) is 0. The van der Waals surface area contributed by atoms with E-state index in [4.69, 9.17) is 25.5 Å². The van der Waals surface area contributed by atoms with E-state index in [1.807, 2.05) is 62.4 Å². The molecule has 7 heteroatoms. The summed E-state index contributed by atoms with van der Waals surface area (Å²) in [5, 5.41) is 0.774. The van der Waals surface area contributed by atoms with Crippen molar-refractivity contribution in [1.82, 2.24) is 4.90 Å². The molecular formula is C29H26ClNO5. The van der Waals surface area contributed by atoms with Gasteiger partial charge >= 0.3 is 0 Å². The van der Waals surface area contributed by atoms with Crippen molar-refractivity contribution < 1.29 is 18.7 Å². The normalized spacial score (nSPS) is 14.8. The van der Waals surface area contributed by atoms with Crippen LogP contribution >= 0.6 is 11.6 Å². The van der Waals surface area contributed by atoms with Gasteiger partial charge in [-0.3, -0.25) is 9.59 Å². The summed E-state index contributed by atoms with van der Waals surface area (Å²) < 4.78 is 17.6. The zero-order valence-electron chi connectivity index (χ0n) is 20.1. The number of hydrogen-bond acceptors (Lipinski definition) is 5. The van der Waals surface area contributed by atoms with Gasteiger partial charge in [0.2, 0.25) is 5.76 Å². The van der Waals surface area contributed by atoms with Crippen LogP contribution in [0.2, 0.25) is 5.02 Å². The van der Waals surface area contributed by atoms with E-state index < -0.39 is 6.04 Å². The Bertz CT molecular complexity index is 1480. The molecule has 2 heterocycles. The molecule has 1 aliphatic heterocycles. The van der Waals surface area contributed by atoms with E-state index >= 15 is 0 Å². The van der Waals surface area contributed by atoms with Crippen molar-refractivity contribution >= 4 is 28.5 Å². The lowest BCUT2D eigenvalue weighted by molar-refractivity contribution is 0.0730. The first kappa shape index (κ1) is 23.9. The van der Waals surface area contributed by atoms with Crippen molar-refractivity contribution in [1.29, 1.82) is 0 Å². The zero-order chi connectivity index (χ0) is 25.2. The van der Waals surface area contributed by atoms with Crippen molar-refractivity contribution in [3.63, 3.8) is 0 Å². The molecule has 1 aromatic heterocycles. The highest BCUT2D eigenvalue weighted by Gasteiger charge is 2.42. The molecule has 0 bridgehead atoms. The number of amides is 1. The number of halogens is 1. The Morgan fingerprint density at radius 3 is 2.42 bits per heavy atom. The summed E-state index contributed by atoms with van der Waals surface area (Å²) in [4.78, 5) is 29.1. The molecule has 1 aliphatic rings. The molecule has 0 radical (unpaired) electrons. The van der Waals surface area contributed by atoms with Gasteiger partial charge in [-0.05, 0) is 61.7 Å². The second kappa shape index (κ2) is 10.1. The lowest BCUT2D eigenvalue weighted by Gasteiger charge is -2.26. The first-order valence-corrected chi connectivity index (χ1v) is 12.4. The molecule has 0 aliphatic carbocycles. The average Bonchev–Trinajstić information content (AvgIpc) is 3.17. The molecule has 1 atom stereocenters. The molecule has 0 N–H and O–H groups in total. The molecule has 0 fully saturated rings. The summed E-state index contributed by atoms with van der Waals surface area (Å²) in [5.41, 5.74) is 2.23. The Morgan fingerprint density at radius 1 is 0.917 bits per heavy atom. The second-order valence-electron chi connectivity index (χ2n) is 8.52. The largest absolute Gasteiger partial charge is 0.490 e. The first-order chi connectivity index (χ1) is 17.5. The van der Waals surface area contributed by atoms with Gasteiger partial charge in [-0.15, -0.1) is 0 Å². The summed E-state index contributed by atoms with van der Waals surface area (Å²) in [6, 6.07) is 19.7. The maximum atomic E-state index is 13.7. The number of rotatable bonds is 8. The van der Waals surface area contributed by atoms with Gasteiger partial charge in [0.15, 0.2) is 16.9 Å². The van der Waals surface area contributed by atoms with Crippen molar-refractivity contribution in [3.05, 3.63) is 104 Å². The predicted octanol–water partition coefficient (Wildman–Crippen LogP) is 6.03. The van der Waals surface area contributed by atoms with E-state index in [2.05, 4.69) is 0 Å². The molecular weight excluding hydrogens is 478 g/mol. The van der Waals surface area contributed by atoms with Crippen LogP contribution in [0.5, 0.6) is 11.5 Å². The highest BCUT2D eigenvalue weighted by Crippen LogP contribution is 2.41. The predicted molar refractivity (Wildman–Crippen MR) is 139 cm³/mol. The zero-order valence-corrected chi connectivity index (χ0v) is 20.9. The summed E-state index contributed by atoms with van der Waals surface area (Å²) in [6.45, 7) is 5.15. The van der Waals surface area contributed by atoms with Gasteiger partial charge in [0.1, 0.15) is 5.58 Å². The van der Waals surface area contributed by atoms with Gasteiger partial charge in [-0.1, -0.05) is 48.0 Å². The Labute approximate surface area is 214 Å². The number of fused-ring (bicyclic) bond motifs is 2. The molecule has 0 spiro atoms. The van der Waals surface area contributed by atoms with Crippen LogP contribution in [-0.2, 0) is 6.42 Å². The van der Waals surface area contributed by atoms with Crippen molar-refractivity contribution in [2.45, 2.75) is 26.3 Å². The monoisotopic (exact) mass is 503 g/mol. The Balaban J connectivity index is 1.66. The van der Waals surface area contributed by atoms with Crippen LogP contribution in [0.25, 0.3) is 11.0 Å². The van der Waals surface area contributed by atoms with Gasteiger partial charge < -0.3 is 18.8 Å². The van der Waals surface area contributed by atoms with Crippen LogP contribution in [-0.4, -0.2) is 30.6 Å². The number of nitrogens with zero attached hydrogens (tertiary/aromatic N) is 1. The molecule has 3 aromatic carbocycles. The van der Waals surface area contributed by atoms with Crippen molar-refractivity contribution in [2.24, 2.45) is 0 Å². The molecule has 184 valence electrons. The lowest BCUT2D eigenvalue weighted by atomic mass is 9.97. The minimum Gasteiger partial charge on any atom is -0.490 e. The summed E-state index contributed by atoms with van der Waals surface area (Å²) >= 11 is 6.18. The van der Waals surface area contributed by atoms with Crippen molar-refractivity contribution in [2.75, 3.05) is 19.8 Å². The van der Waals surface area contributed by atoms with Crippen molar-refractivity contribution in [3.8, 4) is 11.5 Å². The molecule has 36 heavy (non-hydrogen) atoms. The van der Waals surface area contributed by atoms with Gasteiger partial charge in [-0.2, -0.15) is 0 Å². The van der Waals surface area contributed by atoms with E-state index in [0.29, 0.717) is 59.2 Å². The smallest absolute Gasteiger partial charge is 0.290 e. The standard InChI is InChI=1S/C29H26ClNO5/c1-3-34-23-12-10-19(16-24(23)35-4-2)26-25-27(32)21-17-20(30)11-13-22(21)36-28(25)29(33)31(26)15-14-18-8-6-5-7-9-18/h5-13,16-17,26H,3-4,14-15H2,1-2H3. The highest BCUT2D eigenvalue weighted by molar-refractivity contribution is 6.31. The Kier molecular flexibility index (Phi) is 6.70. The SMILES string of the molecule is CCOc1ccc(C2c3c(oc4ccc(Cl)cc4c3=O)C(=O)N2CCc2ccccc2)cc1OCC. The summed E-state index contributed by atoms with van der Waals surface area (Å²) in [5.74, 6) is 0.932. The van der Waals surface area contributed by atoms with Gasteiger partial charge in [0.25, 0.3) is 5.91 Å². The summed E-state index contributed by atoms with van der Waals surface area (Å²) in [6.07, 6.45) is 0.631. The Morgan fingerprint density at radius 2 is 1.67 bits per heavy atom. The number of hydrogen-bond donors (Lipinski definition) is 0. The number of carbonyl (C=O) groups excluding carboxylic acids is 1. The second-order valence-corrected chi connectivity index (χ2v) is 8.96. The van der Waals surface area contributed by atoms with E-state index in [9.17, 15) is 9.59 Å². The fourth-order valence-corrected chi connectivity index (χ4v) is 4.87. The van der Waals surface area contributed by atoms with Crippen LogP contribution in [0, 0.1) is 0 Å². The quantitative estimate of drug-likeness (QED) is 0.293. The van der Waals surface area contributed by atoms with E-state index in [1.165, 1.54) is 0 Å². The highest BCUT2D eigenvalue weighted by atomic mass is 35.5. The van der Waals surface area contributed by atoms with Gasteiger partial charge in [0, 0.05) is 11.6 Å². The van der Waals surface area contributed by atoms with E-state index in [-0.39, 0.29) is 17.1 Å². The molecule has 4 aromatic rings. The first-order valence-electron chi connectivity index (χ1n) is 12.0. The van der Waals surface area contributed by atoms with E-state index in [1.54, 1.807) is 23.1 Å². The fourth-order valence-electron chi connectivity index (χ4n) is 4.70. The third kappa shape index (κ3) is 4.33. The molecule has 0 saturated carbocycles. The third-order valence-electron chi connectivity index (χ3n) is 6.30. The Hall–Kier alpha value is -3.77. The number of carbonyl (C=O) groups is 1. The van der Waals surface area contributed by atoms with Crippen LogP contribution in [0.3, 0.4) is 0 Å². The maximum Gasteiger partial charge on any atom is 0.290 e. The van der Waals surface area contributed by atoms with Gasteiger partial charge in [0.05, 0.1) is 30.2 Å². The minimum absolute atomic E-state index is 0.0692. The third-order valence-corrected chi connectivity index (χ3v) is 6.53. The van der Waals surface area contributed by atoms with Crippen LogP contribution < -0.4 is 14.9 Å². The van der Waals surface area contributed by atoms with E-state index in [0.717, 1.165) is 11.1 Å². The van der Waals surface area contributed by atoms with Crippen LogP contribution in [0.1, 0.15) is 47.1 Å². The molecule has 1 unspecified atom stereocenters. The molecule has 1 amide bonds. The lowest BCUT2D eigenvalue weighted by Crippen LogP contribution is -2.31. The molecule has 5 rings (SSSR count). The molecule has 6 nitrogen and oxygen atoms in total. The van der Waals surface area contributed by atoms with Crippen LogP contribution in [0.4, 0.5) is 0 Å². The average molecular weight is 504 g/mol. The fraction of sp³-hybridized carbons (Fsp3) is 0.241. The number of ether oxygens (including phenoxy) is 2. The number of benzene rings is 3. The minimum atomic E-state index is -0.634. The maximum absolute atomic E-state index is 13.7. The molecule has 0 saturated heterocycles. The topological polar surface area (TPSA) is 69.0 Å². The van der Waals surface area contributed by atoms with Gasteiger partial charge in [-0.25, -0.2) is 0 Å².